The Labute approximate surface area is 222 Å². The monoisotopic (exact) mass is 562 g/mol. The number of carbonyl (C=O) groups is 1. The Balaban J connectivity index is 1.50. The van der Waals surface area contributed by atoms with Crippen LogP contribution in [0.2, 0.25) is 0 Å². The van der Waals surface area contributed by atoms with Crippen LogP contribution in [0, 0.1) is 6.92 Å². The number of rotatable bonds is 10. The van der Waals surface area contributed by atoms with Gasteiger partial charge in [-0.3, -0.25) is 4.79 Å². The van der Waals surface area contributed by atoms with Gasteiger partial charge in [-0.1, -0.05) is 24.6 Å². The highest BCUT2D eigenvalue weighted by Gasteiger charge is 2.28. The molecule has 14 heteroatoms. The summed E-state index contributed by atoms with van der Waals surface area (Å²) >= 11 is 0. The Morgan fingerprint density at radius 2 is 1.74 bits per heavy atom. The highest BCUT2D eigenvalue weighted by atomic mass is 32.2. The molecule has 39 heavy (non-hydrogen) atoms. The molecule has 0 saturated heterocycles. The number of hydrogen-bond donors (Lipinski definition) is 3. The summed E-state index contributed by atoms with van der Waals surface area (Å²) in [6.07, 6.45) is -2.46. The van der Waals surface area contributed by atoms with Gasteiger partial charge in [-0.2, -0.15) is 36.6 Å². The predicted molar refractivity (Wildman–Crippen MR) is 139 cm³/mol. The average molecular weight is 563 g/mol. The minimum Gasteiger partial charge on any atom is -0.360 e. The third-order valence-electron chi connectivity index (χ3n) is 5.41. The van der Waals surface area contributed by atoms with Gasteiger partial charge in [-0.05, 0) is 55.8 Å². The van der Waals surface area contributed by atoms with Gasteiger partial charge in [-0.25, -0.2) is 0 Å². The molecule has 206 valence electrons. The molecular weight excluding hydrogens is 537 g/mol. The van der Waals surface area contributed by atoms with E-state index in [2.05, 4.69) is 25.6 Å². The molecule has 2 aromatic carbocycles. The van der Waals surface area contributed by atoms with Crippen LogP contribution < -0.4 is 10.6 Å². The normalized spacial score (nSPS) is 11.9. The lowest BCUT2D eigenvalue weighted by molar-refractivity contribution is -0.115. The molecule has 0 spiro atoms. The summed E-state index contributed by atoms with van der Waals surface area (Å²) in [7, 11) is -4.23. The van der Waals surface area contributed by atoms with E-state index in [0.717, 1.165) is 10.6 Å². The molecule has 0 unspecified atom stereocenters. The second kappa shape index (κ2) is 11.3. The largest absolute Gasteiger partial charge is 0.405 e. The van der Waals surface area contributed by atoms with Gasteiger partial charge in [0.1, 0.15) is 18.0 Å². The van der Waals surface area contributed by atoms with E-state index in [4.69, 9.17) is 4.28 Å². The Bertz CT molecular complexity index is 1560. The Morgan fingerprint density at radius 1 is 1.05 bits per heavy atom. The Hall–Kier alpha value is -4.17. The van der Waals surface area contributed by atoms with Gasteiger partial charge in [0.05, 0.1) is 16.8 Å². The molecule has 0 bridgehead atoms. The lowest BCUT2D eigenvalue weighted by Crippen LogP contribution is -2.34. The van der Waals surface area contributed by atoms with Gasteiger partial charge < -0.3 is 15.6 Å². The van der Waals surface area contributed by atoms with Crippen molar-refractivity contribution in [3.05, 3.63) is 71.9 Å². The van der Waals surface area contributed by atoms with Crippen LogP contribution in [-0.4, -0.2) is 53.6 Å². The van der Waals surface area contributed by atoms with E-state index in [1.807, 2.05) is 6.92 Å². The summed E-state index contributed by atoms with van der Waals surface area (Å²) < 4.78 is 68.7. The number of nitrogens with one attached hydrogen (secondary N) is 3. The van der Waals surface area contributed by atoms with Crippen molar-refractivity contribution in [2.24, 2.45) is 0 Å². The number of H-pyrrole nitrogens is 1. The molecule has 0 aliphatic carbocycles. The van der Waals surface area contributed by atoms with Gasteiger partial charge in [0.2, 0.25) is 5.95 Å². The smallest absolute Gasteiger partial charge is 0.360 e. The first kappa shape index (κ1) is 27.9. The van der Waals surface area contributed by atoms with E-state index in [1.54, 1.807) is 25.1 Å². The standard InChI is InChI=1S/C25H25F3N6O4S/c1-3-14-34(38-39(36,37)19-10-4-16(2)5-11-19)23(35)17-6-8-18(9-7-17)31-24-32-21-20(12-13-29-21)22(33-24)30-15-25(26,27)28/h4-13H,3,14-15H2,1-2H3,(H3,29,30,31,32,33). The molecule has 4 rings (SSSR count). The number of amides is 1. The second-order valence-corrected chi connectivity index (χ2v) is 10.1. The molecule has 2 heterocycles. The topological polar surface area (TPSA) is 129 Å². The maximum atomic E-state index is 13.1. The zero-order valence-corrected chi connectivity index (χ0v) is 21.7. The first-order chi connectivity index (χ1) is 18.4. The van der Waals surface area contributed by atoms with Gasteiger partial charge in [0, 0.05) is 17.4 Å². The molecule has 0 atom stereocenters. The first-order valence-electron chi connectivity index (χ1n) is 11.8. The molecule has 0 saturated carbocycles. The van der Waals surface area contributed by atoms with Crippen molar-refractivity contribution in [2.75, 3.05) is 23.7 Å². The lowest BCUT2D eigenvalue weighted by atomic mass is 10.2. The van der Waals surface area contributed by atoms with Gasteiger partial charge >= 0.3 is 16.3 Å². The van der Waals surface area contributed by atoms with Crippen LogP contribution in [0.4, 0.5) is 30.6 Å². The highest BCUT2D eigenvalue weighted by molar-refractivity contribution is 7.86. The summed E-state index contributed by atoms with van der Waals surface area (Å²) in [5, 5.41) is 6.35. The summed E-state index contributed by atoms with van der Waals surface area (Å²) in [5.74, 6) is -0.648. The number of nitrogens with zero attached hydrogens (tertiary/aromatic N) is 3. The second-order valence-electron chi connectivity index (χ2n) is 8.56. The molecular formula is C25H25F3N6O4S. The van der Waals surface area contributed by atoms with Crippen molar-refractivity contribution < 1.29 is 30.7 Å². The first-order valence-corrected chi connectivity index (χ1v) is 13.2. The van der Waals surface area contributed by atoms with Crippen LogP contribution >= 0.6 is 0 Å². The van der Waals surface area contributed by atoms with Gasteiger partial charge in [-0.15, -0.1) is 4.28 Å². The van der Waals surface area contributed by atoms with Crippen molar-refractivity contribution in [3.63, 3.8) is 0 Å². The van der Waals surface area contributed by atoms with Crippen LogP contribution in [0.5, 0.6) is 0 Å². The fourth-order valence-electron chi connectivity index (χ4n) is 3.53. The maximum Gasteiger partial charge on any atom is 0.405 e. The number of hydroxylamine groups is 2. The fourth-order valence-corrected chi connectivity index (χ4v) is 4.46. The van der Waals surface area contributed by atoms with Crippen molar-refractivity contribution >= 4 is 44.5 Å². The van der Waals surface area contributed by atoms with Crippen LogP contribution in [0.1, 0.15) is 29.3 Å². The van der Waals surface area contributed by atoms with Crippen LogP contribution in [0.3, 0.4) is 0 Å². The quantitative estimate of drug-likeness (QED) is 0.226. The third kappa shape index (κ3) is 7.03. The zero-order valence-electron chi connectivity index (χ0n) is 20.9. The van der Waals surface area contributed by atoms with Gasteiger partial charge in [0.25, 0.3) is 5.91 Å². The molecule has 4 aromatic rings. The number of benzene rings is 2. The number of aromatic nitrogens is 3. The number of aromatic amines is 1. The lowest BCUT2D eigenvalue weighted by Gasteiger charge is -2.20. The van der Waals surface area contributed by atoms with Crippen molar-refractivity contribution in [3.8, 4) is 0 Å². The molecule has 0 aliphatic rings. The predicted octanol–water partition coefficient (Wildman–Crippen LogP) is 5.16. The molecule has 0 aliphatic heterocycles. The van der Waals surface area contributed by atoms with E-state index in [9.17, 15) is 26.4 Å². The Morgan fingerprint density at radius 3 is 2.38 bits per heavy atom. The SMILES string of the molecule is CCCN(OS(=O)(=O)c1ccc(C)cc1)C(=O)c1ccc(Nc2nc(NCC(F)(F)F)c3cc[nH]c3n2)cc1. The van der Waals surface area contributed by atoms with Crippen LogP contribution in [0.15, 0.2) is 65.7 Å². The molecule has 10 nitrogen and oxygen atoms in total. The van der Waals surface area contributed by atoms with Crippen molar-refractivity contribution in [2.45, 2.75) is 31.3 Å². The number of aryl methyl sites for hydroxylation is 1. The van der Waals surface area contributed by atoms with E-state index in [0.29, 0.717) is 23.1 Å². The average Bonchev–Trinajstić information content (AvgIpc) is 3.36. The summed E-state index contributed by atoms with van der Waals surface area (Å²) in [4.78, 5) is 24.2. The third-order valence-corrected chi connectivity index (χ3v) is 6.64. The Kier molecular flexibility index (Phi) is 8.06. The number of fused-ring (bicyclic) bond motifs is 1. The summed E-state index contributed by atoms with van der Waals surface area (Å²) in [6.45, 7) is 2.35. The molecule has 3 N–H and O–H groups in total. The number of halogens is 3. The van der Waals surface area contributed by atoms with Crippen LogP contribution in [-0.2, 0) is 14.4 Å². The van der Waals surface area contributed by atoms with E-state index in [1.165, 1.54) is 42.6 Å². The fraction of sp³-hybridized carbons (Fsp3) is 0.240. The zero-order chi connectivity index (χ0) is 28.2. The molecule has 1 amide bonds. The van der Waals surface area contributed by atoms with E-state index < -0.39 is 28.7 Å². The van der Waals surface area contributed by atoms with E-state index in [-0.39, 0.29) is 28.8 Å². The summed E-state index contributed by atoms with van der Waals surface area (Å²) in [6, 6.07) is 13.6. The highest BCUT2D eigenvalue weighted by Crippen LogP contribution is 2.25. The van der Waals surface area contributed by atoms with Crippen molar-refractivity contribution in [1.82, 2.24) is 20.0 Å². The van der Waals surface area contributed by atoms with E-state index >= 15 is 0 Å². The molecule has 2 aromatic heterocycles. The molecule has 0 radical (unpaired) electrons. The number of alkyl halides is 3. The van der Waals surface area contributed by atoms with Gasteiger partial charge in [0.15, 0.2) is 0 Å². The van der Waals surface area contributed by atoms with Crippen LogP contribution in [0.25, 0.3) is 11.0 Å². The minimum absolute atomic E-state index is 0.00462. The number of carbonyl (C=O) groups excluding carboxylic acids is 1. The number of hydrogen-bond acceptors (Lipinski definition) is 8. The van der Waals surface area contributed by atoms with Crippen molar-refractivity contribution in [1.29, 1.82) is 0 Å². The minimum atomic E-state index is -4.43. The summed E-state index contributed by atoms with van der Waals surface area (Å²) in [5.41, 5.74) is 1.79. The maximum absolute atomic E-state index is 13.1. The number of anilines is 3. The molecule has 0 fully saturated rings.